The predicted molar refractivity (Wildman–Crippen MR) is 81.9 cm³/mol. The number of hydrogen-bond donors (Lipinski definition) is 3. The highest BCUT2D eigenvalue weighted by molar-refractivity contribution is 5.97. The lowest BCUT2D eigenvalue weighted by molar-refractivity contribution is -0.146. The second-order valence-corrected chi connectivity index (χ2v) is 6.08. The van der Waals surface area contributed by atoms with E-state index in [1.165, 1.54) is 6.07 Å². The van der Waals surface area contributed by atoms with Crippen LogP contribution in [0.15, 0.2) is 16.9 Å². The monoisotopic (exact) mass is 306 g/mol. The number of aromatic amines is 1. The van der Waals surface area contributed by atoms with Crippen LogP contribution in [0.25, 0.3) is 0 Å². The Morgan fingerprint density at radius 1 is 1.36 bits per heavy atom. The van der Waals surface area contributed by atoms with Crippen molar-refractivity contribution in [3.05, 3.63) is 33.7 Å². The number of carboxylic acids is 1. The molecule has 1 aromatic rings. The van der Waals surface area contributed by atoms with E-state index in [-0.39, 0.29) is 5.56 Å². The minimum absolute atomic E-state index is 0.0520. The Bertz CT molecular complexity index is 627. The predicted octanol–water partition coefficient (Wildman–Crippen LogP) is 1.84. The lowest BCUT2D eigenvalue weighted by Gasteiger charge is -2.37. The van der Waals surface area contributed by atoms with E-state index in [4.69, 9.17) is 0 Å². The van der Waals surface area contributed by atoms with E-state index in [9.17, 15) is 19.5 Å². The molecule has 1 saturated carbocycles. The molecule has 1 fully saturated rings. The molecule has 6 nitrogen and oxygen atoms in total. The molecule has 120 valence electrons. The molecule has 1 amide bonds. The summed E-state index contributed by atoms with van der Waals surface area (Å²) in [6.07, 6.45) is 3.36. The van der Waals surface area contributed by atoms with Gasteiger partial charge in [-0.15, -0.1) is 0 Å². The van der Waals surface area contributed by atoms with Crippen molar-refractivity contribution in [1.29, 1.82) is 0 Å². The minimum Gasteiger partial charge on any atom is -0.480 e. The number of nitrogens with one attached hydrogen (secondary N) is 2. The van der Waals surface area contributed by atoms with Crippen LogP contribution < -0.4 is 10.9 Å². The molecule has 1 heterocycles. The van der Waals surface area contributed by atoms with E-state index in [1.807, 2.05) is 0 Å². The van der Waals surface area contributed by atoms with Crippen molar-refractivity contribution in [2.24, 2.45) is 5.92 Å². The van der Waals surface area contributed by atoms with Gasteiger partial charge in [-0.25, -0.2) is 4.79 Å². The molecule has 1 aliphatic rings. The van der Waals surface area contributed by atoms with Gasteiger partial charge in [0, 0.05) is 5.69 Å². The Labute approximate surface area is 128 Å². The highest BCUT2D eigenvalue weighted by Crippen LogP contribution is 2.34. The number of hydrogen-bond acceptors (Lipinski definition) is 3. The van der Waals surface area contributed by atoms with E-state index in [0.29, 0.717) is 24.5 Å². The first-order valence-corrected chi connectivity index (χ1v) is 7.64. The van der Waals surface area contributed by atoms with Crippen LogP contribution in [0.1, 0.15) is 55.1 Å². The van der Waals surface area contributed by atoms with Gasteiger partial charge in [-0.2, -0.15) is 0 Å². The molecular formula is C16H22N2O4. The molecule has 1 aromatic heterocycles. The Morgan fingerprint density at radius 2 is 2.00 bits per heavy atom. The molecule has 0 unspecified atom stereocenters. The number of rotatable bonds is 4. The SMILES string of the molecule is CCC1CCC(NC(=O)c2ccc(C)[nH]c2=O)(C(=O)O)CC1. The lowest BCUT2D eigenvalue weighted by Crippen LogP contribution is -2.57. The van der Waals surface area contributed by atoms with Gasteiger partial charge in [-0.05, 0) is 50.7 Å². The van der Waals surface area contributed by atoms with Crippen molar-refractivity contribution in [3.63, 3.8) is 0 Å². The van der Waals surface area contributed by atoms with Crippen LogP contribution in [0.3, 0.4) is 0 Å². The summed E-state index contributed by atoms with van der Waals surface area (Å²) in [6, 6.07) is 3.05. The second kappa shape index (κ2) is 6.34. The Morgan fingerprint density at radius 3 is 2.50 bits per heavy atom. The van der Waals surface area contributed by atoms with Crippen LogP contribution >= 0.6 is 0 Å². The smallest absolute Gasteiger partial charge is 0.329 e. The molecule has 0 spiro atoms. The summed E-state index contributed by atoms with van der Waals surface area (Å²) in [6.45, 7) is 3.80. The van der Waals surface area contributed by atoms with E-state index in [0.717, 1.165) is 19.3 Å². The van der Waals surface area contributed by atoms with E-state index < -0.39 is 23.0 Å². The molecule has 0 bridgehead atoms. The number of aryl methyl sites for hydroxylation is 1. The molecule has 3 N–H and O–H groups in total. The van der Waals surface area contributed by atoms with Gasteiger partial charge in [0.1, 0.15) is 11.1 Å². The van der Waals surface area contributed by atoms with Gasteiger partial charge in [-0.3, -0.25) is 9.59 Å². The Balaban J connectivity index is 2.20. The molecule has 0 aliphatic heterocycles. The zero-order valence-electron chi connectivity index (χ0n) is 12.9. The maximum absolute atomic E-state index is 12.3. The van der Waals surface area contributed by atoms with Gasteiger partial charge in [0.05, 0.1) is 0 Å². The number of aromatic nitrogens is 1. The van der Waals surface area contributed by atoms with Gasteiger partial charge in [-0.1, -0.05) is 13.3 Å². The Kier molecular flexibility index (Phi) is 4.68. The topological polar surface area (TPSA) is 99.3 Å². The van der Waals surface area contributed by atoms with Gasteiger partial charge in [0.2, 0.25) is 0 Å². The number of pyridine rings is 1. The summed E-state index contributed by atoms with van der Waals surface area (Å²) >= 11 is 0. The van der Waals surface area contributed by atoms with Crippen molar-refractivity contribution in [3.8, 4) is 0 Å². The fourth-order valence-corrected chi connectivity index (χ4v) is 3.01. The first-order chi connectivity index (χ1) is 10.4. The largest absolute Gasteiger partial charge is 0.480 e. The standard InChI is InChI=1S/C16H22N2O4/c1-3-11-6-8-16(9-7-11,15(21)22)18-14(20)12-5-4-10(2)17-13(12)19/h4-5,11H,3,6-9H2,1-2H3,(H,17,19)(H,18,20)(H,21,22). The zero-order chi connectivity index (χ0) is 16.3. The quantitative estimate of drug-likeness (QED) is 0.790. The fraction of sp³-hybridized carbons (Fsp3) is 0.562. The van der Waals surface area contributed by atoms with Gasteiger partial charge in [0.25, 0.3) is 11.5 Å². The van der Waals surface area contributed by atoms with Crippen molar-refractivity contribution < 1.29 is 14.7 Å². The summed E-state index contributed by atoms with van der Waals surface area (Å²) in [5, 5.41) is 12.2. The third-order valence-electron chi connectivity index (χ3n) is 4.60. The van der Waals surface area contributed by atoms with Gasteiger partial charge < -0.3 is 15.4 Å². The molecule has 0 saturated heterocycles. The van der Waals surface area contributed by atoms with Crippen LogP contribution in [0, 0.1) is 12.8 Å². The maximum Gasteiger partial charge on any atom is 0.329 e. The molecule has 0 radical (unpaired) electrons. The molecular weight excluding hydrogens is 284 g/mol. The minimum atomic E-state index is -1.26. The van der Waals surface area contributed by atoms with Gasteiger partial charge >= 0.3 is 5.97 Å². The summed E-state index contributed by atoms with van der Waals surface area (Å²) in [5.41, 5.74) is -1.16. The third kappa shape index (κ3) is 3.21. The summed E-state index contributed by atoms with van der Waals surface area (Å²) in [4.78, 5) is 38.4. The van der Waals surface area contributed by atoms with Gasteiger partial charge in [0.15, 0.2) is 0 Å². The summed E-state index contributed by atoms with van der Waals surface area (Å²) in [5.74, 6) is -1.15. The average Bonchev–Trinajstić information content (AvgIpc) is 2.47. The zero-order valence-corrected chi connectivity index (χ0v) is 12.9. The summed E-state index contributed by atoms with van der Waals surface area (Å²) < 4.78 is 0. The molecule has 0 atom stereocenters. The summed E-state index contributed by atoms with van der Waals surface area (Å²) in [7, 11) is 0. The number of aliphatic carboxylic acids is 1. The van der Waals surface area contributed by atoms with E-state index >= 15 is 0 Å². The number of H-pyrrole nitrogens is 1. The second-order valence-electron chi connectivity index (χ2n) is 6.08. The van der Waals surface area contributed by atoms with E-state index in [2.05, 4.69) is 17.2 Å². The van der Waals surface area contributed by atoms with Crippen molar-refractivity contribution in [1.82, 2.24) is 10.3 Å². The van der Waals surface area contributed by atoms with Crippen LogP contribution in [0.2, 0.25) is 0 Å². The highest BCUT2D eigenvalue weighted by atomic mass is 16.4. The number of carbonyl (C=O) groups excluding carboxylic acids is 1. The first-order valence-electron chi connectivity index (χ1n) is 7.64. The van der Waals surface area contributed by atoms with Crippen LogP contribution in [0.5, 0.6) is 0 Å². The van der Waals surface area contributed by atoms with Crippen molar-refractivity contribution in [2.45, 2.75) is 51.5 Å². The normalized spacial score (nSPS) is 24.7. The van der Waals surface area contributed by atoms with E-state index in [1.54, 1.807) is 13.0 Å². The number of carbonyl (C=O) groups is 2. The Hall–Kier alpha value is -2.11. The van der Waals surface area contributed by atoms with Crippen LogP contribution in [0.4, 0.5) is 0 Å². The molecule has 22 heavy (non-hydrogen) atoms. The van der Waals surface area contributed by atoms with Crippen molar-refractivity contribution >= 4 is 11.9 Å². The average molecular weight is 306 g/mol. The first kappa shape index (κ1) is 16.3. The van der Waals surface area contributed by atoms with Crippen molar-refractivity contribution in [2.75, 3.05) is 0 Å². The molecule has 0 aromatic carbocycles. The fourth-order valence-electron chi connectivity index (χ4n) is 3.01. The molecule has 1 aliphatic carbocycles. The van der Waals surface area contributed by atoms with Crippen LogP contribution in [-0.2, 0) is 4.79 Å². The van der Waals surface area contributed by atoms with Crippen LogP contribution in [-0.4, -0.2) is 27.5 Å². The maximum atomic E-state index is 12.3. The third-order valence-corrected chi connectivity index (χ3v) is 4.60. The number of amides is 1. The highest BCUT2D eigenvalue weighted by Gasteiger charge is 2.43. The molecule has 6 heteroatoms. The lowest BCUT2D eigenvalue weighted by atomic mass is 9.75. The number of carboxylic acid groups (broad SMARTS) is 1. The molecule has 2 rings (SSSR count).